The van der Waals surface area contributed by atoms with Crippen LogP contribution in [-0.4, -0.2) is 57.9 Å². The third-order valence-electron chi connectivity index (χ3n) is 3.75. The lowest BCUT2D eigenvalue weighted by molar-refractivity contribution is -0.141. The molecule has 0 radical (unpaired) electrons. The van der Waals surface area contributed by atoms with E-state index in [0.29, 0.717) is 6.54 Å². The van der Waals surface area contributed by atoms with Gasteiger partial charge in [-0.15, -0.1) is 0 Å². The van der Waals surface area contributed by atoms with Crippen LogP contribution in [0.1, 0.15) is 26.2 Å². The van der Waals surface area contributed by atoms with Crippen molar-refractivity contribution in [2.75, 3.05) is 38.7 Å². The van der Waals surface area contributed by atoms with Crippen molar-refractivity contribution in [3.63, 3.8) is 0 Å². The molecular formula is C12H24N2O3S. The first-order valence-electron chi connectivity index (χ1n) is 6.45. The fraction of sp³-hybridized carbons (Fsp3) is 0.917. The zero-order valence-corrected chi connectivity index (χ0v) is 12.3. The highest BCUT2D eigenvalue weighted by Gasteiger charge is 2.39. The van der Waals surface area contributed by atoms with E-state index in [1.165, 1.54) is 6.26 Å². The van der Waals surface area contributed by atoms with Crippen molar-refractivity contribution in [2.45, 2.75) is 26.2 Å². The molecule has 0 bridgehead atoms. The SMILES string of the molecule is CCC1(C(=O)N(C)CCS(C)(=O)=O)CCCNC1. The standard InChI is InChI=1S/C12H24N2O3S/c1-4-12(6-5-7-13-10-12)11(15)14(2)8-9-18(3,16)17/h13H,4-10H2,1-3H3. The maximum atomic E-state index is 12.5. The summed E-state index contributed by atoms with van der Waals surface area (Å²) in [5.74, 6) is 0.100. The third kappa shape index (κ3) is 3.95. The lowest BCUT2D eigenvalue weighted by atomic mass is 9.77. The molecule has 1 aliphatic heterocycles. The summed E-state index contributed by atoms with van der Waals surface area (Å²) in [7, 11) is -1.33. The van der Waals surface area contributed by atoms with Crippen molar-refractivity contribution >= 4 is 15.7 Å². The van der Waals surface area contributed by atoms with E-state index < -0.39 is 9.84 Å². The van der Waals surface area contributed by atoms with Gasteiger partial charge in [-0.1, -0.05) is 6.92 Å². The molecule has 1 rings (SSSR count). The summed E-state index contributed by atoms with van der Waals surface area (Å²) in [4.78, 5) is 14.0. The molecule has 1 atom stereocenters. The van der Waals surface area contributed by atoms with Crippen LogP contribution >= 0.6 is 0 Å². The van der Waals surface area contributed by atoms with Crippen molar-refractivity contribution in [3.8, 4) is 0 Å². The van der Waals surface area contributed by atoms with E-state index in [-0.39, 0.29) is 23.6 Å². The second kappa shape index (κ2) is 6.02. The number of hydrogen-bond donors (Lipinski definition) is 1. The van der Waals surface area contributed by atoms with Crippen LogP contribution in [0.4, 0.5) is 0 Å². The molecule has 18 heavy (non-hydrogen) atoms. The molecule has 6 heteroatoms. The zero-order chi connectivity index (χ0) is 13.8. The van der Waals surface area contributed by atoms with E-state index in [2.05, 4.69) is 5.32 Å². The molecule has 0 aromatic carbocycles. The largest absolute Gasteiger partial charge is 0.344 e. The van der Waals surface area contributed by atoms with Gasteiger partial charge in [0.15, 0.2) is 0 Å². The van der Waals surface area contributed by atoms with Crippen LogP contribution in [0.5, 0.6) is 0 Å². The van der Waals surface area contributed by atoms with Crippen LogP contribution in [0, 0.1) is 5.41 Å². The van der Waals surface area contributed by atoms with Crippen LogP contribution in [0.3, 0.4) is 0 Å². The Morgan fingerprint density at radius 1 is 1.44 bits per heavy atom. The summed E-state index contributed by atoms with van der Waals surface area (Å²) in [6.07, 6.45) is 3.88. The monoisotopic (exact) mass is 276 g/mol. The van der Waals surface area contributed by atoms with E-state index in [1.54, 1.807) is 11.9 Å². The topological polar surface area (TPSA) is 66.5 Å². The highest BCUT2D eigenvalue weighted by atomic mass is 32.2. The van der Waals surface area contributed by atoms with Crippen LogP contribution in [0.25, 0.3) is 0 Å². The Morgan fingerprint density at radius 3 is 2.56 bits per heavy atom. The van der Waals surface area contributed by atoms with Crippen molar-refractivity contribution in [3.05, 3.63) is 0 Å². The number of rotatable bonds is 5. The Hall–Kier alpha value is -0.620. The Morgan fingerprint density at radius 2 is 2.11 bits per heavy atom. The Bertz CT molecular complexity index is 386. The smallest absolute Gasteiger partial charge is 0.229 e. The fourth-order valence-corrected chi connectivity index (χ4v) is 3.02. The Kier molecular flexibility index (Phi) is 5.16. The molecule has 1 unspecified atom stereocenters. The fourth-order valence-electron chi connectivity index (χ4n) is 2.41. The zero-order valence-electron chi connectivity index (χ0n) is 11.5. The van der Waals surface area contributed by atoms with Crippen molar-refractivity contribution in [1.29, 1.82) is 0 Å². The predicted molar refractivity (Wildman–Crippen MR) is 72.2 cm³/mol. The van der Waals surface area contributed by atoms with Crippen molar-refractivity contribution in [1.82, 2.24) is 10.2 Å². The second-order valence-electron chi connectivity index (χ2n) is 5.27. The third-order valence-corrected chi connectivity index (χ3v) is 4.67. The minimum absolute atomic E-state index is 0.0302. The average Bonchev–Trinajstić information content (AvgIpc) is 2.35. The van der Waals surface area contributed by atoms with Gasteiger partial charge >= 0.3 is 0 Å². The minimum atomic E-state index is -3.02. The van der Waals surface area contributed by atoms with Crippen LogP contribution in [0.15, 0.2) is 0 Å². The molecule has 1 aliphatic rings. The van der Waals surface area contributed by atoms with E-state index in [9.17, 15) is 13.2 Å². The van der Waals surface area contributed by atoms with Gasteiger partial charge < -0.3 is 10.2 Å². The molecule has 0 saturated carbocycles. The summed E-state index contributed by atoms with van der Waals surface area (Å²) < 4.78 is 22.3. The summed E-state index contributed by atoms with van der Waals surface area (Å²) in [5.41, 5.74) is -0.343. The highest BCUT2D eigenvalue weighted by molar-refractivity contribution is 7.90. The second-order valence-corrected chi connectivity index (χ2v) is 7.53. The number of piperidine rings is 1. The van der Waals surface area contributed by atoms with Gasteiger partial charge in [0.05, 0.1) is 11.2 Å². The molecule has 0 aromatic heterocycles. The van der Waals surface area contributed by atoms with Crippen LogP contribution < -0.4 is 5.32 Å². The summed E-state index contributed by atoms with van der Waals surface area (Å²) in [6.45, 7) is 3.96. The molecule has 1 fully saturated rings. The molecule has 1 amide bonds. The Balaban J connectivity index is 2.66. The maximum absolute atomic E-state index is 12.5. The summed E-state index contributed by atoms with van der Waals surface area (Å²) in [6, 6.07) is 0. The first-order valence-corrected chi connectivity index (χ1v) is 8.51. The highest BCUT2D eigenvalue weighted by Crippen LogP contribution is 2.31. The minimum Gasteiger partial charge on any atom is -0.344 e. The number of carbonyl (C=O) groups excluding carboxylic acids is 1. The van der Waals surface area contributed by atoms with E-state index in [4.69, 9.17) is 0 Å². The molecule has 1 saturated heterocycles. The number of carbonyl (C=O) groups is 1. The lowest BCUT2D eigenvalue weighted by Gasteiger charge is -2.38. The maximum Gasteiger partial charge on any atom is 0.229 e. The molecule has 5 nitrogen and oxygen atoms in total. The van der Waals surface area contributed by atoms with E-state index >= 15 is 0 Å². The molecule has 0 spiro atoms. The molecule has 0 aliphatic carbocycles. The van der Waals surface area contributed by atoms with Gasteiger partial charge in [0.2, 0.25) is 5.91 Å². The van der Waals surface area contributed by atoms with Gasteiger partial charge in [0.1, 0.15) is 9.84 Å². The lowest BCUT2D eigenvalue weighted by Crippen LogP contribution is -2.51. The molecular weight excluding hydrogens is 252 g/mol. The number of nitrogens with zero attached hydrogens (tertiary/aromatic N) is 1. The van der Waals surface area contributed by atoms with Gasteiger partial charge in [-0.2, -0.15) is 0 Å². The summed E-state index contributed by atoms with van der Waals surface area (Å²) in [5, 5.41) is 3.27. The van der Waals surface area contributed by atoms with Gasteiger partial charge in [0, 0.05) is 26.4 Å². The van der Waals surface area contributed by atoms with Gasteiger partial charge in [-0.25, -0.2) is 8.42 Å². The van der Waals surface area contributed by atoms with Crippen molar-refractivity contribution < 1.29 is 13.2 Å². The van der Waals surface area contributed by atoms with Crippen molar-refractivity contribution in [2.24, 2.45) is 5.41 Å². The Labute approximate surface area is 110 Å². The first-order chi connectivity index (χ1) is 8.31. The number of hydrogen-bond acceptors (Lipinski definition) is 4. The molecule has 106 valence electrons. The molecule has 1 heterocycles. The van der Waals surface area contributed by atoms with Crippen LogP contribution in [0.2, 0.25) is 0 Å². The quantitative estimate of drug-likeness (QED) is 0.783. The number of sulfone groups is 1. The van der Waals surface area contributed by atoms with Gasteiger partial charge in [-0.05, 0) is 25.8 Å². The summed E-state index contributed by atoms with van der Waals surface area (Å²) >= 11 is 0. The number of nitrogens with one attached hydrogen (secondary N) is 1. The predicted octanol–water partition coefficient (Wildman–Crippen LogP) is 0.269. The van der Waals surface area contributed by atoms with Gasteiger partial charge in [-0.3, -0.25) is 4.79 Å². The molecule has 0 aromatic rings. The first kappa shape index (κ1) is 15.4. The molecule has 1 N–H and O–H groups in total. The average molecular weight is 276 g/mol. The van der Waals surface area contributed by atoms with E-state index in [1.807, 2.05) is 6.92 Å². The number of amides is 1. The van der Waals surface area contributed by atoms with Crippen LogP contribution in [-0.2, 0) is 14.6 Å². The van der Waals surface area contributed by atoms with Gasteiger partial charge in [0.25, 0.3) is 0 Å². The van der Waals surface area contributed by atoms with E-state index in [0.717, 1.165) is 25.8 Å². The normalized spacial score (nSPS) is 24.8.